The molecule has 1 rings (SSSR count). The first-order chi connectivity index (χ1) is 8.95. The van der Waals surface area contributed by atoms with E-state index >= 15 is 0 Å². The second-order valence-corrected chi connectivity index (χ2v) is 3.90. The minimum Gasteiger partial charge on any atom is -0.478 e. The molecule has 0 aliphatic rings. The number of nitrogens with two attached hydrogens (primary N) is 1. The lowest BCUT2D eigenvalue weighted by Gasteiger charge is -2.10. The number of amides is 2. The smallest absolute Gasteiger partial charge is 0.339 e. The van der Waals surface area contributed by atoms with Crippen LogP contribution in [0.25, 0.3) is 0 Å². The van der Waals surface area contributed by atoms with Crippen molar-refractivity contribution in [1.29, 1.82) is 0 Å². The summed E-state index contributed by atoms with van der Waals surface area (Å²) in [6.45, 7) is -0.535. The van der Waals surface area contributed by atoms with Crippen LogP contribution in [0.3, 0.4) is 0 Å². The second kappa shape index (κ2) is 6.72. The molecule has 19 heavy (non-hydrogen) atoms. The molecule has 0 unspecified atom stereocenters. The van der Waals surface area contributed by atoms with E-state index < -0.39 is 17.8 Å². The maximum atomic E-state index is 11.5. The van der Waals surface area contributed by atoms with Gasteiger partial charge in [-0.05, 0) is 12.1 Å². The van der Waals surface area contributed by atoms with E-state index in [-0.39, 0.29) is 29.4 Å². The SMILES string of the molecule is NCC(=O)NCC(=O)Nc1cccc(Cl)c1C(=O)O. The van der Waals surface area contributed by atoms with E-state index in [0.717, 1.165) is 0 Å². The molecule has 0 fully saturated rings. The third-order valence-electron chi connectivity index (χ3n) is 2.13. The van der Waals surface area contributed by atoms with E-state index in [0.29, 0.717) is 0 Å². The van der Waals surface area contributed by atoms with Gasteiger partial charge < -0.3 is 21.5 Å². The molecule has 0 aliphatic heterocycles. The van der Waals surface area contributed by atoms with Crippen molar-refractivity contribution in [2.45, 2.75) is 0 Å². The fraction of sp³-hybridized carbons (Fsp3) is 0.182. The van der Waals surface area contributed by atoms with Crippen LogP contribution in [0.1, 0.15) is 10.4 Å². The Bertz CT molecular complexity index is 519. The average Bonchev–Trinajstić information content (AvgIpc) is 2.35. The van der Waals surface area contributed by atoms with Crippen LogP contribution < -0.4 is 16.4 Å². The van der Waals surface area contributed by atoms with Crippen LogP contribution >= 0.6 is 11.6 Å². The number of aromatic carboxylic acids is 1. The highest BCUT2D eigenvalue weighted by atomic mass is 35.5. The number of benzene rings is 1. The minimum atomic E-state index is -1.26. The Labute approximate surface area is 113 Å². The molecule has 5 N–H and O–H groups in total. The van der Waals surface area contributed by atoms with E-state index in [1.165, 1.54) is 18.2 Å². The van der Waals surface area contributed by atoms with Crippen LogP contribution in [-0.4, -0.2) is 36.0 Å². The first kappa shape index (κ1) is 14.9. The first-order valence-electron chi connectivity index (χ1n) is 5.24. The maximum absolute atomic E-state index is 11.5. The van der Waals surface area contributed by atoms with Gasteiger partial charge in [0.05, 0.1) is 23.8 Å². The third kappa shape index (κ3) is 4.23. The van der Waals surface area contributed by atoms with Gasteiger partial charge in [0, 0.05) is 0 Å². The van der Waals surface area contributed by atoms with Gasteiger partial charge in [0.15, 0.2) is 0 Å². The van der Waals surface area contributed by atoms with Gasteiger partial charge in [-0.3, -0.25) is 9.59 Å². The number of hydrogen-bond donors (Lipinski definition) is 4. The number of carboxylic acids is 1. The van der Waals surface area contributed by atoms with Gasteiger partial charge in [0.1, 0.15) is 5.56 Å². The van der Waals surface area contributed by atoms with Gasteiger partial charge in [-0.25, -0.2) is 4.79 Å². The zero-order valence-corrected chi connectivity index (χ0v) is 10.5. The highest BCUT2D eigenvalue weighted by molar-refractivity contribution is 6.34. The molecule has 0 atom stereocenters. The maximum Gasteiger partial charge on any atom is 0.339 e. The largest absolute Gasteiger partial charge is 0.478 e. The van der Waals surface area contributed by atoms with Crippen molar-refractivity contribution < 1.29 is 19.5 Å². The Morgan fingerprint density at radius 3 is 2.53 bits per heavy atom. The van der Waals surface area contributed by atoms with Crippen LogP contribution in [0.4, 0.5) is 5.69 Å². The molecule has 1 aromatic rings. The Morgan fingerprint density at radius 2 is 1.95 bits per heavy atom. The normalized spacial score (nSPS) is 9.79. The monoisotopic (exact) mass is 285 g/mol. The van der Waals surface area contributed by atoms with Crippen LogP contribution in [0.5, 0.6) is 0 Å². The number of nitrogens with one attached hydrogen (secondary N) is 2. The Hall–Kier alpha value is -2.12. The highest BCUT2D eigenvalue weighted by Crippen LogP contribution is 2.24. The molecule has 0 aliphatic carbocycles. The summed E-state index contributed by atoms with van der Waals surface area (Å²) in [6, 6.07) is 4.30. The highest BCUT2D eigenvalue weighted by Gasteiger charge is 2.16. The molecule has 7 nitrogen and oxygen atoms in total. The summed E-state index contributed by atoms with van der Waals surface area (Å²) in [5.41, 5.74) is 4.91. The molecule has 0 heterocycles. The van der Waals surface area contributed by atoms with Crippen LogP contribution in [0, 0.1) is 0 Å². The molecule has 0 aromatic heterocycles. The third-order valence-corrected chi connectivity index (χ3v) is 2.45. The van der Waals surface area contributed by atoms with Crippen LogP contribution in [0.15, 0.2) is 18.2 Å². The number of carboxylic acid groups (broad SMARTS) is 1. The topological polar surface area (TPSA) is 122 Å². The number of hydrogen-bond acceptors (Lipinski definition) is 4. The van der Waals surface area contributed by atoms with Gasteiger partial charge in [-0.2, -0.15) is 0 Å². The van der Waals surface area contributed by atoms with E-state index in [1.54, 1.807) is 0 Å². The summed E-state index contributed by atoms with van der Waals surface area (Å²) >= 11 is 5.74. The molecule has 1 aromatic carbocycles. The number of rotatable bonds is 5. The molecule has 2 amide bonds. The zero-order valence-electron chi connectivity index (χ0n) is 9.77. The molecule has 0 bridgehead atoms. The molecular weight excluding hydrogens is 274 g/mol. The van der Waals surface area contributed by atoms with E-state index in [9.17, 15) is 14.4 Å². The summed E-state index contributed by atoms with van der Waals surface area (Å²) in [6.07, 6.45) is 0. The summed E-state index contributed by atoms with van der Waals surface area (Å²) in [5.74, 6) is -2.32. The molecule has 0 radical (unpaired) electrons. The van der Waals surface area contributed by atoms with Gasteiger partial charge in [0.2, 0.25) is 11.8 Å². The number of anilines is 1. The lowest BCUT2D eigenvalue weighted by Crippen LogP contribution is -2.36. The summed E-state index contributed by atoms with van der Waals surface area (Å²) in [4.78, 5) is 33.4. The van der Waals surface area contributed by atoms with Gasteiger partial charge in [-0.15, -0.1) is 0 Å². The van der Waals surface area contributed by atoms with Gasteiger partial charge in [-0.1, -0.05) is 17.7 Å². The Kier molecular flexibility index (Phi) is 5.28. The van der Waals surface area contributed by atoms with E-state index in [1.807, 2.05) is 0 Å². The summed E-state index contributed by atoms with van der Waals surface area (Å²) in [7, 11) is 0. The fourth-order valence-corrected chi connectivity index (χ4v) is 1.55. The number of carbonyl (C=O) groups excluding carboxylic acids is 2. The predicted molar refractivity (Wildman–Crippen MR) is 69.1 cm³/mol. The van der Waals surface area contributed by atoms with Crippen LogP contribution in [-0.2, 0) is 9.59 Å². The lowest BCUT2D eigenvalue weighted by atomic mass is 10.1. The molecule has 0 spiro atoms. The molecule has 0 saturated carbocycles. The Balaban J connectivity index is 2.77. The van der Waals surface area contributed by atoms with Crippen molar-refractivity contribution in [2.24, 2.45) is 5.73 Å². The quantitative estimate of drug-likeness (QED) is 0.609. The predicted octanol–water partition coefficient (Wildman–Crippen LogP) is 0.0516. The van der Waals surface area contributed by atoms with Crippen molar-refractivity contribution in [1.82, 2.24) is 5.32 Å². The number of carbonyl (C=O) groups is 3. The first-order valence-corrected chi connectivity index (χ1v) is 5.62. The fourth-order valence-electron chi connectivity index (χ4n) is 1.29. The van der Waals surface area contributed by atoms with E-state index in [2.05, 4.69) is 10.6 Å². The van der Waals surface area contributed by atoms with Crippen LogP contribution in [0.2, 0.25) is 5.02 Å². The van der Waals surface area contributed by atoms with Gasteiger partial charge >= 0.3 is 5.97 Å². The summed E-state index contributed by atoms with van der Waals surface area (Å²) < 4.78 is 0. The van der Waals surface area contributed by atoms with Crippen molar-refractivity contribution in [2.75, 3.05) is 18.4 Å². The summed E-state index contributed by atoms with van der Waals surface area (Å²) in [5, 5.41) is 13.6. The van der Waals surface area contributed by atoms with Crippen molar-refractivity contribution in [3.63, 3.8) is 0 Å². The Morgan fingerprint density at radius 1 is 1.26 bits per heavy atom. The standard InChI is InChI=1S/C11H12ClN3O4/c12-6-2-1-3-7(10(6)11(18)19)15-9(17)5-14-8(16)4-13/h1-3H,4-5,13H2,(H,14,16)(H,15,17)(H,18,19). The van der Waals surface area contributed by atoms with Crippen molar-refractivity contribution >= 4 is 35.1 Å². The average molecular weight is 286 g/mol. The van der Waals surface area contributed by atoms with E-state index in [4.69, 9.17) is 22.4 Å². The minimum absolute atomic E-state index is 0.0105. The molecule has 8 heteroatoms. The molecular formula is C11H12ClN3O4. The molecule has 0 saturated heterocycles. The molecule has 102 valence electrons. The van der Waals surface area contributed by atoms with Gasteiger partial charge in [0.25, 0.3) is 0 Å². The number of halogens is 1. The van der Waals surface area contributed by atoms with Crippen molar-refractivity contribution in [3.8, 4) is 0 Å². The lowest BCUT2D eigenvalue weighted by molar-refractivity contribution is -0.123. The van der Waals surface area contributed by atoms with Crippen molar-refractivity contribution in [3.05, 3.63) is 28.8 Å². The second-order valence-electron chi connectivity index (χ2n) is 3.50. The zero-order chi connectivity index (χ0) is 14.4.